The second kappa shape index (κ2) is 7.08. The Morgan fingerprint density at radius 3 is 2.83 bits per heavy atom. The quantitative estimate of drug-likeness (QED) is 0.528. The van der Waals surface area contributed by atoms with Crippen molar-refractivity contribution in [3.8, 4) is 17.1 Å². The number of pyridine rings is 1. The number of hydrogen-bond acceptors (Lipinski definition) is 7. The fourth-order valence-electron chi connectivity index (χ4n) is 3.95. The third-order valence-electron chi connectivity index (χ3n) is 5.62. The maximum absolute atomic E-state index is 5.51. The number of rotatable bonds is 6. The minimum atomic E-state index is 0.377. The lowest BCUT2D eigenvalue weighted by atomic mass is 10.1. The largest absolute Gasteiger partial charge is 0.493 e. The Balaban J connectivity index is 1.41. The van der Waals surface area contributed by atoms with E-state index >= 15 is 0 Å². The maximum Gasteiger partial charge on any atom is 0.177 e. The van der Waals surface area contributed by atoms with Crippen LogP contribution in [0.2, 0.25) is 0 Å². The first-order valence-corrected chi connectivity index (χ1v) is 10.1. The zero-order chi connectivity index (χ0) is 20.8. The van der Waals surface area contributed by atoms with Crippen molar-refractivity contribution < 1.29 is 4.74 Å². The number of methoxy groups -OCH3 is 1. The van der Waals surface area contributed by atoms with Crippen LogP contribution in [0.4, 0.5) is 5.82 Å². The van der Waals surface area contributed by atoms with Gasteiger partial charge in [-0.2, -0.15) is 14.7 Å². The number of hydrogen-bond donors (Lipinski definition) is 1. The molecule has 0 radical (unpaired) electrons. The number of anilines is 1. The molecule has 30 heavy (non-hydrogen) atoms. The Morgan fingerprint density at radius 2 is 2.03 bits per heavy atom. The second-order valence-corrected chi connectivity index (χ2v) is 7.61. The van der Waals surface area contributed by atoms with Gasteiger partial charge in [-0.1, -0.05) is 0 Å². The smallest absolute Gasteiger partial charge is 0.177 e. The van der Waals surface area contributed by atoms with E-state index in [2.05, 4.69) is 37.7 Å². The Bertz CT molecular complexity index is 1230. The lowest BCUT2D eigenvalue weighted by Crippen LogP contribution is -2.02. The van der Waals surface area contributed by atoms with Gasteiger partial charge in [-0.05, 0) is 56.0 Å². The summed E-state index contributed by atoms with van der Waals surface area (Å²) in [5, 5.41) is 20.9. The van der Waals surface area contributed by atoms with Gasteiger partial charge in [-0.25, -0.2) is 4.98 Å². The molecule has 1 saturated carbocycles. The monoisotopic (exact) mass is 404 g/mol. The third-order valence-corrected chi connectivity index (χ3v) is 5.62. The summed E-state index contributed by atoms with van der Waals surface area (Å²) < 4.78 is 9.16. The summed E-state index contributed by atoms with van der Waals surface area (Å²) in [4.78, 5) is 4.54. The van der Waals surface area contributed by atoms with Gasteiger partial charge in [-0.3, -0.25) is 4.68 Å². The Morgan fingerprint density at radius 1 is 1.17 bits per heavy atom. The summed E-state index contributed by atoms with van der Waals surface area (Å²) in [6.45, 7) is 4.74. The van der Waals surface area contributed by atoms with Gasteiger partial charge >= 0.3 is 0 Å². The van der Waals surface area contributed by atoms with Crippen LogP contribution in [0.5, 0.6) is 5.75 Å². The van der Waals surface area contributed by atoms with Gasteiger partial charge in [0.2, 0.25) is 0 Å². The Hall–Kier alpha value is -3.49. The van der Waals surface area contributed by atoms with Crippen molar-refractivity contribution in [2.75, 3.05) is 19.0 Å². The highest BCUT2D eigenvalue weighted by molar-refractivity contribution is 5.58. The molecule has 0 spiro atoms. The van der Waals surface area contributed by atoms with Crippen LogP contribution in [-0.2, 0) is 7.05 Å². The third kappa shape index (κ3) is 3.06. The van der Waals surface area contributed by atoms with E-state index in [0.717, 1.165) is 53.1 Å². The number of ether oxygens (including phenoxy) is 1. The van der Waals surface area contributed by atoms with Crippen LogP contribution in [0.15, 0.2) is 30.5 Å². The lowest BCUT2D eigenvalue weighted by Gasteiger charge is -2.10. The molecule has 9 nitrogen and oxygen atoms in total. The molecule has 0 amide bonds. The molecular formula is C21H24N8O. The van der Waals surface area contributed by atoms with Gasteiger partial charge in [0.25, 0.3) is 0 Å². The predicted molar refractivity (Wildman–Crippen MR) is 113 cm³/mol. The van der Waals surface area contributed by atoms with E-state index in [-0.39, 0.29) is 0 Å². The van der Waals surface area contributed by atoms with Gasteiger partial charge in [0.05, 0.1) is 18.5 Å². The molecule has 4 aromatic rings. The van der Waals surface area contributed by atoms with Gasteiger partial charge in [0.1, 0.15) is 5.69 Å². The van der Waals surface area contributed by atoms with E-state index in [1.54, 1.807) is 11.6 Å². The Labute approximate surface area is 174 Å². The minimum absolute atomic E-state index is 0.377. The fraction of sp³-hybridized carbons (Fsp3) is 0.381. The molecule has 5 rings (SSSR count). The second-order valence-electron chi connectivity index (χ2n) is 7.61. The van der Waals surface area contributed by atoms with E-state index in [4.69, 9.17) is 9.84 Å². The molecule has 0 aromatic carbocycles. The van der Waals surface area contributed by atoms with Crippen molar-refractivity contribution in [2.45, 2.75) is 32.1 Å². The van der Waals surface area contributed by atoms with Crippen molar-refractivity contribution in [3.05, 3.63) is 47.5 Å². The molecule has 9 heteroatoms. The number of aromatic nitrogens is 7. The van der Waals surface area contributed by atoms with E-state index in [9.17, 15) is 0 Å². The van der Waals surface area contributed by atoms with Gasteiger partial charge in [-0.15, -0.1) is 10.2 Å². The average Bonchev–Trinajstić information content (AvgIpc) is 3.34. The highest BCUT2D eigenvalue weighted by atomic mass is 16.5. The zero-order valence-electron chi connectivity index (χ0n) is 17.5. The SMILES string of the molecule is CCNc1ncc(C2CC2c2cc(-c3ccc4nnc(C)n4n3)n(C)n2)cc1OC. The van der Waals surface area contributed by atoms with Crippen LogP contribution in [-0.4, -0.2) is 48.2 Å². The van der Waals surface area contributed by atoms with E-state index in [1.807, 2.05) is 43.9 Å². The number of aryl methyl sites for hydroxylation is 2. The zero-order valence-corrected chi connectivity index (χ0v) is 17.5. The first-order valence-electron chi connectivity index (χ1n) is 10.1. The first-order chi connectivity index (χ1) is 14.6. The summed E-state index contributed by atoms with van der Waals surface area (Å²) >= 11 is 0. The molecule has 154 valence electrons. The molecule has 1 fully saturated rings. The van der Waals surface area contributed by atoms with Crippen molar-refractivity contribution >= 4 is 11.5 Å². The highest BCUT2D eigenvalue weighted by Crippen LogP contribution is 2.55. The highest BCUT2D eigenvalue weighted by Gasteiger charge is 2.42. The average molecular weight is 404 g/mol. The van der Waals surface area contributed by atoms with Crippen molar-refractivity contribution in [3.63, 3.8) is 0 Å². The number of fused-ring (bicyclic) bond motifs is 1. The first kappa shape index (κ1) is 18.5. The molecule has 2 atom stereocenters. The maximum atomic E-state index is 5.51. The minimum Gasteiger partial charge on any atom is -0.493 e. The lowest BCUT2D eigenvalue weighted by molar-refractivity contribution is 0.414. The summed E-state index contributed by atoms with van der Waals surface area (Å²) in [5.41, 5.74) is 4.83. The number of nitrogens with zero attached hydrogens (tertiary/aromatic N) is 7. The molecule has 4 heterocycles. The van der Waals surface area contributed by atoms with E-state index in [1.165, 1.54) is 5.56 Å². The fourth-order valence-corrected chi connectivity index (χ4v) is 3.95. The van der Waals surface area contributed by atoms with Crippen LogP contribution >= 0.6 is 0 Å². The topological polar surface area (TPSA) is 95.1 Å². The predicted octanol–water partition coefficient (Wildman–Crippen LogP) is 2.94. The standard InChI is InChI=1S/C21H24N8O/c1-5-22-21-19(30-4)8-13(11-23-21)14-9-15(14)17-10-18(28(3)26-17)16-6-7-20-25-24-12(2)29(20)27-16/h6-8,10-11,14-15H,5,9H2,1-4H3,(H,22,23). The van der Waals surface area contributed by atoms with E-state index in [0.29, 0.717) is 11.8 Å². The van der Waals surface area contributed by atoms with Crippen molar-refractivity contribution in [2.24, 2.45) is 7.05 Å². The molecule has 1 aliphatic rings. The molecule has 0 saturated heterocycles. The molecular weight excluding hydrogens is 380 g/mol. The number of nitrogens with one attached hydrogen (secondary N) is 1. The molecule has 2 unspecified atom stereocenters. The normalized spacial score (nSPS) is 18.0. The van der Waals surface area contributed by atoms with Crippen LogP contribution in [0.25, 0.3) is 17.0 Å². The van der Waals surface area contributed by atoms with Crippen LogP contribution in [0, 0.1) is 6.92 Å². The molecule has 1 N–H and O–H groups in total. The van der Waals surface area contributed by atoms with Crippen LogP contribution in [0.1, 0.15) is 42.3 Å². The van der Waals surface area contributed by atoms with Gasteiger partial charge in [0, 0.05) is 25.7 Å². The molecule has 0 aliphatic heterocycles. The molecule has 4 aromatic heterocycles. The van der Waals surface area contributed by atoms with Gasteiger partial charge < -0.3 is 10.1 Å². The van der Waals surface area contributed by atoms with Crippen LogP contribution in [0.3, 0.4) is 0 Å². The van der Waals surface area contributed by atoms with Crippen molar-refractivity contribution in [1.29, 1.82) is 0 Å². The summed E-state index contributed by atoms with van der Waals surface area (Å²) in [7, 11) is 3.63. The van der Waals surface area contributed by atoms with Crippen molar-refractivity contribution in [1.82, 2.24) is 34.6 Å². The van der Waals surface area contributed by atoms with Gasteiger partial charge in [0.15, 0.2) is 23.0 Å². The summed E-state index contributed by atoms with van der Waals surface area (Å²) in [6, 6.07) is 8.11. The molecule has 0 bridgehead atoms. The summed E-state index contributed by atoms with van der Waals surface area (Å²) in [6.07, 6.45) is 3.00. The summed E-state index contributed by atoms with van der Waals surface area (Å²) in [5.74, 6) is 3.11. The van der Waals surface area contributed by atoms with Crippen LogP contribution < -0.4 is 10.1 Å². The molecule has 1 aliphatic carbocycles. The Kier molecular flexibility index (Phi) is 4.38. The van der Waals surface area contributed by atoms with E-state index < -0.39 is 0 Å².